The summed E-state index contributed by atoms with van der Waals surface area (Å²) < 4.78 is 6.36. The predicted molar refractivity (Wildman–Crippen MR) is 148 cm³/mol. The predicted octanol–water partition coefficient (Wildman–Crippen LogP) is 6.69. The fourth-order valence-corrected chi connectivity index (χ4v) is 5.24. The molecule has 186 valence electrons. The number of benzene rings is 4. The third-order valence-corrected chi connectivity index (χ3v) is 7.23. The van der Waals surface area contributed by atoms with Crippen LogP contribution in [0.2, 0.25) is 0 Å². The number of para-hydroxylation sites is 1. The van der Waals surface area contributed by atoms with E-state index in [-0.39, 0.29) is 24.4 Å². The Morgan fingerprint density at radius 1 is 1.00 bits per heavy atom. The van der Waals surface area contributed by atoms with Gasteiger partial charge < -0.3 is 15.2 Å². The van der Waals surface area contributed by atoms with Crippen LogP contribution in [0.3, 0.4) is 0 Å². The Bertz CT molecular complexity index is 1380. The van der Waals surface area contributed by atoms with Gasteiger partial charge in [0.15, 0.2) is 0 Å². The number of ether oxygens (including phenoxy) is 1. The first-order valence-corrected chi connectivity index (χ1v) is 12.3. The monoisotopic (exact) mass is 501 g/mol. The van der Waals surface area contributed by atoms with E-state index in [2.05, 4.69) is 59.9 Å². The van der Waals surface area contributed by atoms with Gasteiger partial charge in [-0.25, -0.2) is 4.79 Å². The van der Waals surface area contributed by atoms with Gasteiger partial charge in [-0.2, -0.15) is 0 Å². The van der Waals surface area contributed by atoms with Crippen molar-refractivity contribution in [2.24, 2.45) is 0 Å². The molecule has 0 saturated heterocycles. The van der Waals surface area contributed by atoms with Crippen molar-refractivity contribution in [3.8, 4) is 5.75 Å². The van der Waals surface area contributed by atoms with E-state index in [1.165, 1.54) is 16.3 Å². The van der Waals surface area contributed by atoms with Gasteiger partial charge in [0, 0.05) is 18.0 Å². The molecule has 0 spiro atoms. The van der Waals surface area contributed by atoms with E-state index < -0.39 is 5.97 Å². The summed E-state index contributed by atoms with van der Waals surface area (Å²) in [4.78, 5) is 11.9. The van der Waals surface area contributed by atoms with Crippen LogP contribution in [-0.2, 0) is 6.42 Å². The standard InChI is InChI=1S/C31H31NO3.ClH/c1-20-16-24(17-28(21(20)2)31(33)34)29-18-25(35-30-13-6-5-12-27(29)30)19-32-15-14-23-10-7-9-22-8-3-4-11-26(22)23;/h3-13,16-17,25,29,32H,14-15,18-19H2,1-2H3,(H,33,34);1H. The average Bonchev–Trinajstić information content (AvgIpc) is 2.87. The van der Waals surface area contributed by atoms with Gasteiger partial charge in [-0.05, 0) is 78.4 Å². The Hall–Kier alpha value is -3.34. The lowest BCUT2D eigenvalue weighted by molar-refractivity contribution is 0.0696. The fraction of sp³-hybridized carbons (Fsp3) is 0.258. The lowest BCUT2D eigenvalue weighted by Gasteiger charge is -2.33. The molecule has 4 nitrogen and oxygen atoms in total. The van der Waals surface area contributed by atoms with Crippen LogP contribution in [0, 0.1) is 13.8 Å². The van der Waals surface area contributed by atoms with Gasteiger partial charge in [-0.15, -0.1) is 12.4 Å². The number of aromatic carboxylic acids is 1. The van der Waals surface area contributed by atoms with Crippen LogP contribution in [0.4, 0.5) is 0 Å². The van der Waals surface area contributed by atoms with Crippen LogP contribution in [0.1, 0.15) is 50.5 Å². The topological polar surface area (TPSA) is 58.6 Å². The summed E-state index contributed by atoms with van der Waals surface area (Å²) in [5.74, 6) is 0.112. The van der Waals surface area contributed by atoms with Gasteiger partial charge >= 0.3 is 5.97 Å². The molecule has 5 heteroatoms. The smallest absolute Gasteiger partial charge is 0.335 e. The maximum atomic E-state index is 11.9. The van der Waals surface area contributed by atoms with Gasteiger partial charge in [0.1, 0.15) is 11.9 Å². The van der Waals surface area contributed by atoms with Crippen molar-refractivity contribution in [2.75, 3.05) is 13.1 Å². The highest BCUT2D eigenvalue weighted by molar-refractivity contribution is 5.90. The van der Waals surface area contributed by atoms with Crippen molar-refractivity contribution in [3.63, 3.8) is 0 Å². The Kier molecular flexibility index (Phi) is 7.97. The highest BCUT2D eigenvalue weighted by Crippen LogP contribution is 2.41. The minimum atomic E-state index is -0.876. The number of carboxylic acids is 1. The largest absolute Gasteiger partial charge is 0.489 e. The molecule has 2 unspecified atom stereocenters. The lowest BCUT2D eigenvalue weighted by atomic mass is 9.82. The van der Waals surface area contributed by atoms with Crippen LogP contribution in [0.5, 0.6) is 5.75 Å². The van der Waals surface area contributed by atoms with E-state index in [0.29, 0.717) is 5.56 Å². The molecule has 4 aromatic carbocycles. The molecule has 0 saturated carbocycles. The summed E-state index contributed by atoms with van der Waals surface area (Å²) >= 11 is 0. The number of rotatable bonds is 7. The van der Waals surface area contributed by atoms with Crippen molar-refractivity contribution >= 4 is 29.1 Å². The van der Waals surface area contributed by atoms with Crippen LogP contribution in [-0.4, -0.2) is 30.3 Å². The third kappa shape index (κ3) is 5.25. The first-order valence-electron chi connectivity index (χ1n) is 12.3. The van der Waals surface area contributed by atoms with E-state index in [9.17, 15) is 9.90 Å². The minimum Gasteiger partial charge on any atom is -0.489 e. The number of aryl methyl sites for hydroxylation is 1. The van der Waals surface area contributed by atoms with Gasteiger partial charge in [0.25, 0.3) is 0 Å². The maximum Gasteiger partial charge on any atom is 0.335 e. The summed E-state index contributed by atoms with van der Waals surface area (Å²) in [5, 5.41) is 15.9. The maximum absolute atomic E-state index is 11.9. The van der Waals surface area contributed by atoms with Crippen LogP contribution in [0.25, 0.3) is 10.8 Å². The summed E-state index contributed by atoms with van der Waals surface area (Å²) in [6, 6.07) is 27.1. The molecule has 2 N–H and O–H groups in total. The molecular weight excluding hydrogens is 470 g/mol. The lowest BCUT2D eigenvalue weighted by Crippen LogP contribution is -2.36. The molecule has 1 aliphatic rings. The van der Waals surface area contributed by atoms with E-state index in [1.54, 1.807) is 0 Å². The first-order chi connectivity index (χ1) is 17.0. The highest BCUT2D eigenvalue weighted by Gasteiger charge is 2.30. The molecule has 4 aromatic rings. The Morgan fingerprint density at radius 3 is 2.58 bits per heavy atom. The second kappa shape index (κ2) is 11.2. The SMILES string of the molecule is Cc1cc(C2CC(CNCCc3cccc4ccccc34)Oc3ccccc32)cc(C(=O)O)c1C.Cl. The molecular formula is C31H32ClNO3. The van der Waals surface area contributed by atoms with Crippen molar-refractivity contribution in [2.45, 2.75) is 38.7 Å². The molecule has 0 aliphatic carbocycles. The minimum absolute atomic E-state index is 0. The second-order valence-electron chi connectivity index (χ2n) is 9.47. The zero-order chi connectivity index (χ0) is 24.4. The van der Waals surface area contributed by atoms with Crippen molar-refractivity contribution in [1.82, 2.24) is 5.32 Å². The van der Waals surface area contributed by atoms with Gasteiger partial charge in [0.2, 0.25) is 0 Å². The van der Waals surface area contributed by atoms with Crippen molar-refractivity contribution in [3.05, 3.63) is 112 Å². The van der Waals surface area contributed by atoms with Crippen LogP contribution >= 0.6 is 12.4 Å². The summed E-state index contributed by atoms with van der Waals surface area (Å²) in [7, 11) is 0. The molecule has 0 amide bonds. The number of hydrogen-bond donors (Lipinski definition) is 2. The molecule has 1 heterocycles. The van der Waals surface area contributed by atoms with Gasteiger partial charge in [-0.3, -0.25) is 0 Å². The highest BCUT2D eigenvalue weighted by atomic mass is 35.5. The molecule has 2 atom stereocenters. The number of halogens is 1. The quantitative estimate of drug-likeness (QED) is 0.277. The Labute approximate surface area is 218 Å². The van der Waals surface area contributed by atoms with Gasteiger partial charge in [0.05, 0.1) is 5.56 Å². The number of hydrogen-bond acceptors (Lipinski definition) is 3. The molecule has 0 bridgehead atoms. The molecule has 0 radical (unpaired) electrons. The number of fused-ring (bicyclic) bond motifs is 2. The molecule has 0 fully saturated rings. The van der Waals surface area contributed by atoms with Crippen molar-refractivity contribution in [1.29, 1.82) is 0 Å². The summed E-state index contributed by atoms with van der Waals surface area (Å²) in [6.45, 7) is 5.48. The first kappa shape index (κ1) is 25.7. The van der Waals surface area contributed by atoms with Crippen LogP contribution in [0.15, 0.2) is 78.9 Å². The second-order valence-corrected chi connectivity index (χ2v) is 9.47. The van der Waals surface area contributed by atoms with Crippen LogP contribution < -0.4 is 10.1 Å². The number of nitrogens with one attached hydrogen (secondary N) is 1. The number of carboxylic acid groups (broad SMARTS) is 1. The molecule has 5 rings (SSSR count). The summed E-state index contributed by atoms with van der Waals surface area (Å²) in [6.07, 6.45) is 1.77. The Morgan fingerprint density at radius 2 is 1.75 bits per heavy atom. The van der Waals surface area contributed by atoms with E-state index in [4.69, 9.17) is 4.74 Å². The van der Waals surface area contributed by atoms with E-state index in [0.717, 1.165) is 53.9 Å². The zero-order valence-electron chi connectivity index (χ0n) is 20.7. The Balaban J connectivity index is 0.00000304. The summed E-state index contributed by atoms with van der Waals surface area (Å²) in [5.41, 5.74) is 5.73. The van der Waals surface area contributed by atoms with E-state index in [1.807, 2.05) is 38.1 Å². The fourth-order valence-electron chi connectivity index (χ4n) is 5.24. The average molecular weight is 502 g/mol. The molecule has 1 aliphatic heterocycles. The van der Waals surface area contributed by atoms with Gasteiger partial charge in [-0.1, -0.05) is 66.7 Å². The zero-order valence-corrected chi connectivity index (χ0v) is 21.5. The van der Waals surface area contributed by atoms with E-state index >= 15 is 0 Å². The molecule has 36 heavy (non-hydrogen) atoms. The molecule has 0 aromatic heterocycles. The normalized spacial score (nSPS) is 16.6. The number of carbonyl (C=O) groups is 1. The third-order valence-electron chi connectivity index (χ3n) is 7.23. The van der Waals surface area contributed by atoms with Crippen molar-refractivity contribution < 1.29 is 14.6 Å².